The van der Waals surface area contributed by atoms with E-state index < -0.39 is 0 Å². The Hall–Kier alpha value is -2.08. The Morgan fingerprint density at radius 2 is 2.37 bits per heavy atom. The number of carbonyl (C=O) groups is 1. The third-order valence-electron chi connectivity index (χ3n) is 3.32. The van der Waals surface area contributed by atoms with E-state index in [1.807, 2.05) is 29.2 Å². The summed E-state index contributed by atoms with van der Waals surface area (Å²) in [6, 6.07) is 7.83. The first-order valence-corrected chi connectivity index (χ1v) is 6.34. The van der Waals surface area contributed by atoms with Crippen LogP contribution < -0.4 is 15.5 Å². The summed E-state index contributed by atoms with van der Waals surface area (Å²) in [5, 5.41) is 5.89. The lowest BCUT2D eigenvalue weighted by Crippen LogP contribution is -2.57. The molecule has 3 rings (SSSR count). The number of likely N-dealkylation sites (N-methyl/N-ethyl adjacent to an activating group) is 1. The van der Waals surface area contributed by atoms with E-state index in [1.54, 1.807) is 7.05 Å². The van der Waals surface area contributed by atoms with Gasteiger partial charge in [0.25, 0.3) is 6.01 Å². The maximum atomic E-state index is 11.9. The number of amides is 1. The van der Waals surface area contributed by atoms with Gasteiger partial charge in [-0.1, -0.05) is 12.1 Å². The summed E-state index contributed by atoms with van der Waals surface area (Å²) in [6.45, 7) is 2.11. The van der Waals surface area contributed by atoms with E-state index in [0.717, 1.165) is 17.6 Å². The molecule has 1 aliphatic rings. The lowest BCUT2D eigenvalue weighted by Gasteiger charge is -2.33. The van der Waals surface area contributed by atoms with Crippen LogP contribution in [0.2, 0.25) is 0 Å². The van der Waals surface area contributed by atoms with Crippen molar-refractivity contribution in [1.82, 2.24) is 15.6 Å². The Bertz CT molecular complexity index is 562. The van der Waals surface area contributed by atoms with Gasteiger partial charge in [-0.25, -0.2) is 0 Å². The molecule has 1 aromatic heterocycles. The lowest BCUT2D eigenvalue weighted by molar-refractivity contribution is -0.122. The van der Waals surface area contributed by atoms with Gasteiger partial charge in [0.1, 0.15) is 11.6 Å². The summed E-state index contributed by atoms with van der Waals surface area (Å²) in [5.74, 6) is -0.0329. The van der Waals surface area contributed by atoms with Crippen molar-refractivity contribution in [3.05, 3.63) is 24.3 Å². The van der Waals surface area contributed by atoms with Crippen LogP contribution in [0.25, 0.3) is 11.1 Å². The highest BCUT2D eigenvalue weighted by Crippen LogP contribution is 2.23. The standard InChI is InChI=1S/C13H16N4O2/c1-14-12(18)10-8-15-6-7-17(10)13-16-9-4-2-3-5-11(9)19-13/h2-5,10,15H,6-8H2,1H3,(H,14,18). The number of hydrogen-bond donors (Lipinski definition) is 2. The summed E-state index contributed by atoms with van der Waals surface area (Å²) in [5.41, 5.74) is 1.55. The van der Waals surface area contributed by atoms with E-state index in [-0.39, 0.29) is 11.9 Å². The van der Waals surface area contributed by atoms with Gasteiger partial charge < -0.3 is 20.0 Å². The summed E-state index contributed by atoms with van der Waals surface area (Å²) in [4.78, 5) is 18.3. The van der Waals surface area contributed by atoms with Crippen molar-refractivity contribution >= 4 is 23.0 Å². The molecular formula is C13H16N4O2. The maximum Gasteiger partial charge on any atom is 0.299 e. The zero-order valence-electron chi connectivity index (χ0n) is 10.7. The second-order valence-electron chi connectivity index (χ2n) is 4.49. The number of nitrogens with zero attached hydrogens (tertiary/aromatic N) is 2. The molecule has 1 aliphatic heterocycles. The molecule has 6 heteroatoms. The van der Waals surface area contributed by atoms with E-state index in [4.69, 9.17) is 4.42 Å². The number of anilines is 1. The minimum atomic E-state index is -0.285. The maximum absolute atomic E-state index is 11.9. The zero-order valence-corrected chi connectivity index (χ0v) is 10.7. The second-order valence-corrected chi connectivity index (χ2v) is 4.49. The number of benzene rings is 1. The van der Waals surface area contributed by atoms with Gasteiger partial charge in [0.15, 0.2) is 5.58 Å². The van der Waals surface area contributed by atoms with Gasteiger partial charge in [0, 0.05) is 26.7 Å². The van der Waals surface area contributed by atoms with Crippen LogP contribution in [0.5, 0.6) is 0 Å². The Kier molecular flexibility index (Phi) is 3.08. The molecule has 1 unspecified atom stereocenters. The minimum absolute atomic E-state index is 0.0329. The highest BCUT2D eigenvalue weighted by atomic mass is 16.4. The Balaban J connectivity index is 1.95. The van der Waals surface area contributed by atoms with Crippen LogP contribution in [-0.2, 0) is 4.79 Å². The van der Waals surface area contributed by atoms with Crippen LogP contribution in [0, 0.1) is 0 Å². The topological polar surface area (TPSA) is 70.4 Å². The van der Waals surface area contributed by atoms with E-state index in [2.05, 4.69) is 15.6 Å². The molecule has 19 heavy (non-hydrogen) atoms. The minimum Gasteiger partial charge on any atom is -0.423 e. The number of piperazine rings is 1. The van der Waals surface area contributed by atoms with E-state index in [1.165, 1.54) is 0 Å². The number of oxazole rings is 1. The van der Waals surface area contributed by atoms with Crippen LogP contribution >= 0.6 is 0 Å². The number of rotatable bonds is 2. The molecule has 0 spiro atoms. The highest BCUT2D eigenvalue weighted by molar-refractivity contribution is 5.85. The second kappa shape index (κ2) is 4.89. The van der Waals surface area contributed by atoms with Crippen molar-refractivity contribution in [1.29, 1.82) is 0 Å². The van der Waals surface area contributed by atoms with Gasteiger partial charge in [-0.15, -0.1) is 0 Å². The fourth-order valence-corrected chi connectivity index (χ4v) is 2.32. The van der Waals surface area contributed by atoms with Gasteiger partial charge in [-0.3, -0.25) is 4.79 Å². The monoisotopic (exact) mass is 260 g/mol. The normalized spacial score (nSPS) is 19.6. The van der Waals surface area contributed by atoms with Crippen LogP contribution in [0.4, 0.5) is 6.01 Å². The number of aromatic nitrogens is 1. The lowest BCUT2D eigenvalue weighted by atomic mass is 10.2. The predicted octanol–water partition coefficient (Wildman–Crippen LogP) is 0.352. The Morgan fingerprint density at radius 3 is 3.16 bits per heavy atom. The average molecular weight is 260 g/mol. The first kappa shape index (κ1) is 12.0. The molecule has 1 amide bonds. The van der Waals surface area contributed by atoms with E-state index in [9.17, 15) is 4.79 Å². The number of hydrogen-bond acceptors (Lipinski definition) is 5. The number of fused-ring (bicyclic) bond motifs is 1. The smallest absolute Gasteiger partial charge is 0.299 e. The predicted molar refractivity (Wildman–Crippen MR) is 72.1 cm³/mol. The van der Waals surface area contributed by atoms with Crippen molar-refractivity contribution in [2.24, 2.45) is 0 Å². The number of carbonyl (C=O) groups excluding carboxylic acids is 1. The fourth-order valence-electron chi connectivity index (χ4n) is 2.32. The molecule has 0 saturated carbocycles. The Morgan fingerprint density at radius 1 is 1.53 bits per heavy atom. The molecule has 1 saturated heterocycles. The van der Waals surface area contributed by atoms with Gasteiger partial charge in [-0.05, 0) is 12.1 Å². The molecule has 2 heterocycles. The summed E-state index contributed by atoms with van der Waals surface area (Å²) < 4.78 is 5.74. The van der Waals surface area contributed by atoms with Crippen molar-refractivity contribution in [3.8, 4) is 0 Å². The van der Waals surface area contributed by atoms with Crippen LogP contribution in [-0.4, -0.2) is 43.6 Å². The van der Waals surface area contributed by atoms with Crippen molar-refractivity contribution in [3.63, 3.8) is 0 Å². The third-order valence-corrected chi connectivity index (χ3v) is 3.32. The quantitative estimate of drug-likeness (QED) is 0.815. The van der Waals surface area contributed by atoms with Crippen LogP contribution in [0.15, 0.2) is 28.7 Å². The fraction of sp³-hybridized carbons (Fsp3) is 0.385. The molecule has 1 fully saturated rings. The highest BCUT2D eigenvalue weighted by Gasteiger charge is 2.31. The largest absolute Gasteiger partial charge is 0.423 e. The summed E-state index contributed by atoms with van der Waals surface area (Å²) in [6.07, 6.45) is 0. The molecule has 0 aliphatic carbocycles. The molecule has 2 N–H and O–H groups in total. The molecule has 0 radical (unpaired) electrons. The van der Waals surface area contributed by atoms with E-state index >= 15 is 0 Å². The van der Waals surface area contributed by atoms with Gasteiger partial charge in [0.2, 0.25) is 5.91 Å². The third kappa shape index (κ3) is 2.15. The van der Waals surface area contributed by atoms with Gasteiger partial charge >= 0.3 is 0 Å². The van der Waals surface area contributed by atoms with Gasteiger partial charge in [-0.2, -0.15) is 4.98 Å². The Labute approximate surface area is 110 Å². The molecule has 0 bridgehead atoms. The van der Waals surface area contributed by atoms with Crippen molar-refractivity contribution in [2.45, 2.75) is 6.04 Å². The van der Waals surface area contributed by atoms with Crippen LogP contribution in [0.3, 0.4) is 0 Å². The average Bonchev–Trinajstić information content (AvgIpc) is 2.90. The van der Waals surface area contributed by atoms with E-state index in [0.29, 0.717) is 19.1 Å². The first-order chi connectivity index (χ1) is 9.29. The van der Waals surface area contributed by atoms with Gasteiger partial charge in [0.05, 0.1) is 0 Å². The number of nitrogens with one attached hydrogen (secondary N) is 2. The number of para-hydroxylation sites is 2. The molecule has 2 aromatic rings. The molecule has 6 nitrogen and oxygen atoms in total. The van der Waals surface area contributed by atoms with Crippen molar-refractivity contribution < 1.29 is 9.21 Å². The SMILES string of the molecule is CNC(=O)C1CNCCN1c1nc2ccccc2o1. The molecule has 1 atom stereocenters. The van der Waals surface area contributed by atoms with Crippen molar-refractivity contribution in [2.75, 3.05) is 31.6 Å². The van der Waals surface area contributed by atoms with Crippen LogP contribution in [0.1, 0.15) is 0 Å². The first-order valence-electron chi connectivity index (χ1n) is 6.34. The summed E-state index contributed by atoms with van der Waals surface area (Å²) in [7, 11) is 1.64. The molecule has 1 aromatic carbocycles. The summed E-state index contributed by atoms with van der Waals surface area (Å²) >= 11 is 0. The molecular weight excluding hydrogens is 244 g/mol. The zero-order chi connectivity index (χ0) is 13.2. The molecule has 100 valence electrons.